The van der Waals surface area contributed by atoms with E-state index in [-0.39, 0.29) is 0 Å². The van der Waals surface area contributed by atoms with Crippen molar-refractivity contribution in [2.75, 3.05) is 6.54 Å². The summed E-state index contributed by atoms with van der Waals surface area (Å²) in [5, 5.41) is 3.84. The maximum absolute atomic E-state index is 3.84. The summed E-state index contributed by atoms with van der Waals surface area (Å²) in [6.45, 7) is 8.31. The van der Waals surface area contributed by atoms with Crippen LogP contribution in [0.4, 0.5) is 0 Å². The van der Waals surface area contributed by atoms with E-state index >= 15 is 0 Å². The van der Waals surface area contributed by atoms with Gasteiger partial charge in [-0.1, -0.05) is 20.8 Å². The van der Waals surface area contributed by atoms with Crippen LogP contribution in [0.1, 0.15) is 72.1 Å². The minimum Gasteiger partial charge on any atom is -0.314 e. The highest BCUT2D eigenvalue weighted by molar-refractivity contribution is 5.02. The Morgan fingerprint density at radius 3 is 1.95 bits per heavy atom. The van der Waals surface area contributed by atoms with Crippen LogP contribution >= 0.6 is 0 Å². The van der Waals surface area contributed by atoms with Gasteiger partial charge in [0.1, 0.15) is 0 Å². The van der Waals surface area contributed by atoms with Crippen LogP contribution in [0.15, 0.2) is 0 Å². The Morgan fingerprint density at radius 2 is 1.53 bits per heavy atom. The summed E-state index contributed by atoms with van der Waals surface area (Å²) in [7, 11) is 0. The molecule has 0 heterocycles. The quantitative estimate of drug-likeness (QED) is 0.737. The van der Waals surface area contributed by atoms with Crippen molar-refractivity contribution in [3.05, 3.63) is 0 Å². The molecule has 1 unspecified atom stereocenters. The summed E-state index contributed by atoms with van der Waals surface area (Å²) < 4.78 is 0. The zero-order valence-electron chi connectivity index (χ0n) is 13.3. The molecule has 110 valence electrons. The van der Waals surface area contributed by atoms with E-state index in [1.165, 1.54) is 19.4 Å². The fourth-order valence-electron chi connectivity index (χ4n) is 5.88. The minimum atomic E-state index is 0.741. The maximum atomic E-state index is 3.84. The summed E-state index contributed by atoms with van der Waals surface area (Å²) in [5.74, 6) is 4.10. The lowest BCUT2D eigenvalue weighted by Gasteiger charge is -2.58. The highest BCUT2D eigenvalue weighted by Crippen LogP contribution is 2.61. The van der Waals surface area contributed by atoms with Crippen molar-refractivity contribution >= 4 is 0 Å². The predicted molar refractivity (Wildman–Crippen MR) is 82.1 cm³/mol. The monoisotopic (exact) mass is 263 g/mol. The molecule has 4 bridgehead atoms. The molecule has 0 aromatic heterocycles. The molecule has 4 aliphatic carbocycles. The average molecular weight is 263 g/mol. The van der Waals surface area contributed by atoms with Crippen molar-refractivity contribution in [1.29, 1.82) is 0 Å². The molecule has 1 nitrogen and oxygen atoms in total. The van der Waals surface area contributed by atoms with Crippen LogP contribution in [0, 0.1) is 29.1 Å². The van der Waals surface area contributed by atoms with Crippen molar-refractivity contribution in [2.45, 2.75) is 78.2 Å². The second-order valence-electron chi connectivity index (χ2n) is 8.43. The summed E-state index contributed by atoms with van der Waals surface area (Å²) >= 11 is 0. The minimum absolute atomic E-state index is 0.741. The normalized spacial score (nSPS) is 42.0. The lowest BCUT2D eigenvalue weighted by Crippen LogP contribution is -2.49. The van der Waals surface area contributed by atoms with Crippen LogP contribution in [-0.4, -0.2) is 12.6 Å². The Bertz CT molecular complexity index is 272. The first-order valence-electron chi connectivity index (χ1n) is 8.83. The third kappa shape index (κ3) is 2.86. The van der Waals surface area contributed by atoms with E-state index < -0.39 is 0 Å². The maximum Gasteiger partial charge on any atom is 0.00953 e. The fourth-order valence-corrected chi connectivity index (χ4v) is 5.88. The third-order valence-electron chi connectivity index (χ3n) is 6.28. The highest BCUT2D eigenvalue weighted by Gasteiger charge is 2.51. The summed E-state index contributed by atoms with van der Waals surface area (Å²) in [6.07, 6.45) is 12.2. The molecular weight excluding hydrogens is 230 g/mol. The van der Waals surface area contributed by atoms with Gasteiger partial charge in [-0.15, -0.1) is 0 Å². The summed E-state index contributed by atoms with van der Waals surface area (Å²) in [6, 6.07) is 0.760. The Balaban J connectivity index is 1.67. The van der Waals surface area contributed by atoms with Crippen LogP contribution in [-0.2, 0) is 0 Å². The molecule has 0 aromatic carbocycles. The molecular formula is C18H33N. The van der Waals surface area contributed by atoms with E-state index in [2.05, 4.69) is 26.1 Å². The summed E-state index contributed by atoms with van der Waals surface area (Å²) in [5.41, 5.74) is 0.741. The first kappa shape index (κ1) is 13.9. The highest BCUT2D eigenvalue weighted by atomic mass is 14.9. The van der Waals surface area contributed by atoms with Gasteiger partial charge in [-0.25, -0.2) is 0 Å². The lowest BCUT2D eigenvalue weighted by atomic mass is 9.48. The smallest absolute Gasteiger partial charge is 0.00953 e. The lowest BCUT2D eigenvalue weighted by molar-refractivity contribution is -0.0642. The molecule has 1 atom stereocenters. The van der Waals surface area contributed by atoms with Gasteiger partial charge in [-0.2, -0.15) is 0 Å². The van der Waals surface area contributed by atoms with Gasteiger partial charge in [0.15, 0.2) is 0 Å². The molecule has 4 aliphatic rings. The van der Waals surface area contributed by atoms with Gasteiger partial charge in [0.25, 0.3) is 0 Å². The first-order chi connectivity index (χ1) is 9.10. The van der Waals surface area contributed by atoms with Gasteiger partial charge in [-0.05, 0) is 87.0 Å². The molecule has 0 saturated heterocycles. The van der Waals surface area contributed by atoms with Crippen molar-refractivity contribution in [1.82, 2.24) is 5.32 Å². The van der Waals surface area contributed by atoms with Crippen LogP contribution in [0.3, 0.4) is 0 Å². The van der Waals surface area contributed by atoms with E-state index in [1.54, 1.807) is 38.5 Å². The zero-order chi connectivity index (χ0) is 13.5. The van der Waals surface area contributed by atoms with Crippen LogP contribution in [0.5, 0.6) is 0 Å². The molecule has 0 radical (unpaired) electrons. The van der Waals surface area contributed by atoms with Crippen molar-refractivity contribution in [3.63, 3.8) is 0 Å². The molecule has 4 fully saturated rings. The van der Waals surface area contributed by atoms with Crippen LogP contribution < -0.4 is 5.32 Å². The number of hydrogen-bond acceptors (Lipinski definition) is 1. The van der Waals surface area contributed by atoms with Gasteiger partial charge in [-0.3, -0.25) is 0 Å². The van der Waals surface area contributed by atoms with Gasteiger partial charge in [0.05, 0.1) is 0 Å². The van der Waals surface area contributed by atoms with Crippen molar-refractivity contribution in [2.24, 2.45) is 29.1 Å². The Labute approximate surface area is 119 Å². The first-order valence-corrected chi connectivity index (χ1v) is 8.83. The SMILES string of the molecule is CCCNC(CC12CC3CC(CC(C3)C1)C2)C(C)C. The van der Waals surface area contributed by atoms with Gasteiger partial charge >= 0.3 is 0 Å². The molecule has 1 heteroatoms. The van der Waals surface area contributed by atoms with Crippen molar-refractivity contribution in [3.8, 4) is 0 Å². The van der Waals surface area contributed by atoms with Gasteiger partial charge in [0, 0.05) is 6.04 Å². The number of hydrogen-bond donors (Lipinski definition) is 1. The average Bonchev–Trinajstić information content (AvgIpc) is 2.32. The summed E-state index contributed by atoms with van der Waals surface area (Å²) in [4.78, 5) is 0. The Kier molecular flexibility index (Phi) is 3.95. The topological polar surface area (TPSA) is 12.0 Å². The van der Waals surface area contributed by atoms with Gasteiger partial charge < -0.3 is 5.32 Å². The van der Waals surface area contributed by atoms with Crippen LogP contribution in [0.2, 0.25) is 0 Å². The second-order valence-corrected chi connectivity index (χ2v) is 8.43. The molecule has 1 N–H and O–H groups in total. The fraction of sp³-hybridized carbons (Fsp3) is 1.00. The number of nitrogens with one attached hydrogen (secondary N) is 1. The van der Waals surface area contributed by atoms with Crippen LogP contribution in [0.25, 0.3) is 0 Å². The molecule has 0 aliphatic heterocycles. The molecule has 19 heavy (non-hydrogen) atoms. The van der Waals surface area contributed by atoms with Crippen molar-refractivity contribution < 1.29 is 0 Å². The van der Waals surface area contributed by atoms with E-state index in [0.717, 1.165) is 35.1 Å². The number of rotatable bonds is 6. The Hall–Kier alpha value is -0.0400. The largest absolute Gasteiger partial charge is 0.314 e. The molecule has 4 saturated carbocycles. The molecule has 0 amide bonds. The third-order valence-corrected chi connectivity index (χ3v) is 6.28. The zero-order valence-corrected chi connectivity index (χ0v) is 13.3. The second kappa shape index (κ2) is 5.39. The Morgan fingerprint density at radius 1 is 1.00 bits per heavy atom. The molecule has 0 aromatic rings. The van der Waals surface area contributed by atoms with E-state index in [1.807, 2.05) is 0 Å². The van der Waals surface area contributed by atoms with E-state index in [0.29, 0.717) is 0 Å². The standard InChI is InChI=1S/C18H33N/c1-4-5-19-17(13(2)3)12-18-9-14-6-15(10-18)8-16(7-14)11-18/h13-17,19H,4-12H2,1-3H3. The molecule has 4 rings (SSSR count). The molecule has 0 spiro atoms. The van der Waals surface area contributed by atoms with E-state index in [4.69, 9.17) is 0 Å². The van der Waals surface area contributed by atoms with Gasteiger partial charge in [0.2, 0.25) is 0 Å². The van der Waals surface area contributed by atoms with E-state index in [9.17, 15) is 0 Å². The predicted octanol–water partition coefficient (Wildman–Crippen LogP) is 4.62.